The van der Waals surface area contributed by atoms with E-state index < -0.39 is 0 Å². The topological polar surface area (TPSA) is 40.5 Å². The lowest BCUT2D eigenvalue weighted by Gasteiger charge is -2.10. The Kier molecular flexibility index (Phi) is 5.86. The zero-order valence-corrected chi connectivity index (χ0v) is 11.0. The number of thioether (sulfide) groups is 1. The van der Waals surface area contributed by atoms with Crippen LogP contribution in [0, 0.1) is 0 Å². The van der Waals surface area contributed by atoms with E-state index in [-0.39, 0.29) is 12.2 Å². The van der Waals surface area contributed by atoms with Crippen molar-refractivity contribution in [1.29, 1.82) is 0 Å². The summed E-state index contributed by atoms with van der Waals surface area (Å²) in [5.41, 5.74) is 0.848. The normalized spacial score (nSPS) is 10.2. The van der Waals surface area contributed by atoms with Gasteiger partial charge in [-0.05, 0) is 0 Å². The highest BCUT2D eigenvalue weighted by Gasteiger charge is 2.05. The first-order valence-electron chi connectivity index (χ1n) is 5.19. The standard InChI is InChI=1S/C12H17NO3S/c1-4-5-17-8-10-6-11(14)12(7-13(10)2)16-9-15-3/h4,6-7H,1,5,8-9H2,2-3H3. The van der Waals surface area contributed by atoms with Gasteiger partial charge in [-0.25, -0.2) is 0 Å². The Bertz CT molecular complexity index is 428. The maximum atomic E-state index is 11.7. The molecule has 94 valence electrons. The van der Waals surface area contributed by atoms with E-state index in [9.17, 15) is 4.79 Å². The average Bonchev–Trinajstić information content (AvgIpc) is 2.31. The Labute approximate surface area is 105 Å². The molecule has 0 aliphatic carbocycles. The molecule has 5 heteroatoms. The second-order valence-corrected chi connectivity index (χ2v) is 4.49. The van der Waals surface area contributed by atoms with Gasteiger partial charge in [-0.1, -0.05) is 6.08 Å². The van der Waals surface area contributed by atoms with Crippen molar-refractivity contribution >= 4 is 11.8 Å². The average molecular weight is 255 g/mol. The number of ether oxygens (including phenoxy) is 2. The number of pyridine rings is 1. The third-order valence-electron chi connectivity index (χ3n) is 2.12. The van der Waals surface area contributed by atoms with Crippen LogP contribution in [0.15, 0.2) is 29.7 Å². The Balaban J connectivity index is 2.78. The molecule has 1 rings (SSSR count). The van der Waals surface area contributed by atoms with Gasteiger partial charge in [0.25, 0.3) is 0 Å². The molecule has 0 fully saturated rings. The van der Waals surface area contributed by atoms with Gasteiger partial charge in [-0.2, -0.15) is 11.8 Å². The van der Waals surface area contributed by atoms with E-state index >= 15 is 0 Å². The summed E-state index contributed by atoms with van der Waals surface area (Å²) >= 11 is 1.71. The summed E-state index contributed by atoms with van der Waals surface area (Å²) in [6.07, 6.45) is 3.53. The predicted octanol–water partition coefficient (Wildman–Crippen LogP) is 1.79. The maximum Gasteiger partial charge on any atom is 0.223 e. The van der Waals surface area contributed by atoms with Crippen LogP contribution in [0.25, 0.3) is 0 Å². The van der Waals surface area contributed by atoms with Gasteiger partial charge in [-0.15, -0.1) is 6.58 Å². The first kappa shape index (κ1) is 13.9. The van der Waals surface area contributed by atoms with E-state index in [2.05, 4.69) is 6.58 Å². The Morgan fingerprint density at radius 1 is 1.59 bits per heavy atom. The van der Waals surface area contributed by atoms with Crippen LogP contribution in [0.2, 0.25) is 0 Å². The van der Waals surface area contributed by atoms with Crippen molar-refractivity contribution in [3.8, 4) is 5.75 Å². The number of hydrogen-bond acceptors (Lipinski definition) is 4. The number of aryl methyl sites for hydroxylation is 1. The molecule has 0 aliphatic heterocycles. The maximum absolute atomic E-state index is 11.7. The van der Waals surface area contributed by atoms with E-state index in [1.54, 1.807) is 24.0 Å². The molecule has 0 aliphatic rings. The van der Waals surface area contributed by atoms with Crippen LogP contribution in [-0.2, 0) is 17.5 Å². The van der Waals surface area contributed by atoms with Crippen molar-refractivity contribution in [1.82, 2.24) is 4.57 Å². The fourth-order valence-electron chi connectivity index (χ4n) is 1.27. The summed E-state index contributed by atoms with van der Waals surface area (Å²) < 4.78 is 11.8. The summed E-state index contributed by atoms with van der Waals surface area (Å²) in [5, 5.41) is 0. The third kappa shape index (κ3) is 4.28. The van der Waals surface area contributed by atoms with Crippen molar-refractivity contribution in [2.45, 2.75) is 5.75 Å². The van der Waals surface area contributed by atoms with E-state index in [0.717, 1.165) is 17.2 Å². The molecule has 17 heavy (non-hydrogen) atoms. The van der Waals surface area contributed by atoms with Gasteiger partial charge >= 0.3 is 0 Å². The van der Waals surface area contributed by atoms with Crippen LogP contribution in [0.5, 0.6) is 5.75 Å². The van der Waals surface area contributed by atoms with Crippen molar-refractivity contribution < 1.29 is 9.47 Å². The van der Waals surface area contributed by atoms with Crippen LogP contribution in [-0.4, -0.2) is 24.2 Å². The van der Waals surface area contributed by atoms with Crippen LogP contribution in [0.4, 0.5) is 0 Å². The predicted molar refractivity (Wildman–Crippen MR) is 70.5 cm³/mol. The van der Waals surface area contributed by atoms with E-state index in [4.69, 9.17) is 9.47 Å². The van der Waals surface area contributed by atoms with E-state index in [1.807, 2.05) is 17.7 Å². The minimum absolute atomic E-state index is 0.0831. The fraction of sp³-hybridized carbons (Fsp3) is 0.417. The van der Waals surface area contributed by atoms with Gasteiger partial charge in [0.1, 0.15) is 0 Å². The van der Waals surface area contributed by atoms with Crippen molar-refractivity contribution in [2.24, 2.45) is 7.05 Å². The highest BCUT2D eigenvalue weighted by molar-refractivity contribution is 7.98. The van der Waals surface area contributed by atoms with Crippen LogP contribution >= 0.6 is 11.8 Å². The Morgan fingerprint density at radius 3 is 3.00 bits per heavy atom. The molecular weight excluding hydrogens is 238 g/mol. The van der Waals surface area contributed by atoms with Gasteiger partial charge in [0.15, 0.2) is 12.5 Å². The van der Waals surface area contributed by atoms with Crippen LogP contribution in [0.1, 0.15) is 5.69 Å². The molecule has 0 aromatic carbocycles. The summed E-state index contributed by atoms with van der Waals surface area (Å²) in [4.78, 5) is 11.7. The highest BCUT2D eigenvalue weighted by atomic mass is 32.2. The minimum Gasteiger partial charge on any atom is -0.462 e. The SMILES string of the molecule is C=CCSCc1cc(=O)c(OCOC)cn1C. The van der Waals surface area contributed by atoms with Gasteiger partial charge in [0.2, 0.25) is 5.43 Å². The molecule has 0 amide bonds. The largest absolute Gasteiger partial charge is 0.462 e. The first-order valence-corrected chi connectivity index (χ1v) is 6.34. The molecule has 0 atom stereocenters. The van der Waals surface area contributed by atoms with Crippen molar-refractivity contribution in [3.05, 3.63) is 40.8 Å². The molecule has 1 aromatic heterocycles. The third-order valence-corrected chi connectivity index (χ3v) is 3.09. The number of hydrogen-bond donors (Lipinski definition) is 0. The Morgan fingerprint density at radius 2 is 2.35 bits per heavy atom. The van der Waals surface area contributed by atoms with E-state index in [1.165, 1.54) is 7.11 Å². The highest BCUT2D eigenvalue weighted by Crippen LogP contribution is 2.12. The molecule has 0 unspecified atom stereocenters. The number of nitrogens with zero attached hydrogens (tertiary/aromatic N) is 1. The lowest BCUT2D eigenvalue weighted by Crippen LogP contribution is -2.14. The molecule has 0 spiro atoms. The molecule has 0 N–H and O–H groups in total. The summed E-state index contributed by atoms with van der Waals surface area (Å²) in [7, 11) is 3.41. The quantitative estimate of drug-likeness (QED) is 0.423. The van der Waals surface area contributed by atoms with Gasteiger partial charge in [0, 0.05) is 37.4 Å². The molecule has 1 heterocycles. The molecule has 1 aromatic rings. The fourth-order valence-corrected chi connectivity index (χ4v) is 2.05. The van der Waals surface area contributed by atoms with Crippen LogP contribution < -0.4 is 10.2 Å². The Hall–Kier alpha value is -1.20. The monoisotopic (exact) mass is 255 g/mol. The van der Waals surface area contributed by atoms with Crippen molar-refractivity contribution in [2.75, 3.05) is 19.7 Å². The number of aromatic nitrogens is 1. The second-order valence-electron chi connectivity index (χ2n) is 3.46. The molecule has 0 saturated heterocycles. The summed E-state index contributed by atoms with van der Waals surface area (Å²) in [6.45, 7) is 3.74. The van der Waals surface area contributed by atoms with Gasteiger partial charge < -0.3 is 14.0 Å². The molecule has 0 saturated carbocycles. The molecule has 0 radical (unpaired) electrons. The smallest absolute Gasteiger partial charge is 0.223 e. The molecule has 4 nitrogen and oxygen atoms in total. The number of rotatable bonds is 7. The zero-order valence-electron chi connectivity index (χ0n) is 10.1. The van der Waals surface area contributed by atoms with Gasteiger partial charge in [-0.3, -0.25) is 4.79 Å². The summed E-state index contributed by atoms with van der Waals surface area (Å²) in [5.74, 6) is 1.96. The molecular formula is C12H17NO3S. The van der Waals surface area contributed by atoms with E-state index in [0.29, 0.717) is 5.75 Å². The zero-order chi connectivity index (χ0) is 12.7. The second kappa shape index (κ2) is 7.19. The molecule has 0 bridgehead atoms. The van der Waals surface area contributed by atoms with Crippen LogP contribution in [0.3, 0.4) is 0 Å². The lowest BCUT2D eigenvalue weighted by molar-refractivity contribution is 0.0498. The summed E-state index contributed by atoms with van der Waals surface area (Å²) in [6, 6.07) is 1.60. The lowest BCUT2D eigenvalue weighted by atomic mass is 10.3. The van der Waals surface area contributed by atoms with Crippen molar-refractivity contribution in [3.63, 3.8) is 0 Å². The number of methoxy groups -OCH3 is 1. The minimum atomic E-state index is -0.116. The first-order chi connectivity index (χ1) is 8.19. The van der Waals surface area contributed by atoms with Gasteiger partial charge in [0.05, 0.1) is 6.20 Å².